The van der Waals surface area contributed by atoms with Crippen LogP contribution < -0.4 is 0 Å². The summed E-state index contributed by atoms with van der Waals surface area (Å²) >= 11 is 1.50. The quantitative estimate of drug-likeness (QED) is 0.597. The molecule has 1 atom stereocenters. The van der Waals surface area contributed by atoms with Crippen molar-refractivity contribution in [1.29, 1.82) is 0 Å². The Kier molecular flexibility index (Phi) is 5.66. The molecule has 0 N–H and O–H groups in total. The van der Waals surface area contributed by atoms with E-state index in [4.69, 9.17) is 0 Å². The third kappa shape index (κ3) is 4.37. The molecule has 0 bridgehead atoms. The lowest BCUT2D eigenvalue weighted by atomic mass is 10.2. The zero-order chi connectivity index (χ0) is 17.6. The highest BCUT2D eigenvalue weighted by Gasteiger charge is 2.36. The molecule has 4 nitrogen and oxygen atoms in total. The maximum atomic E-state index is 12.6. The van der Waals surface area contributed by atoms with Gasteiger partial charge in [-0.15, -0.1) is 5.10 Å². The topological polar surface area (TPSA) is 45.0 Å². The van der Waals surface area contributed by atoms with Crippen LogP contribution in [0.15, 0.2) is 64.8 Å². The van der Waals surface area contributed by atoms with E-state index in [2.05, 4.69) is 10.2 Å². The largest absolute Gasteiger partial charge is 0.284 e. The molecular formula is C20H21N3OS. The molecular weight excluding hydrogens is 330 g/mol. The van der Waals surface area contributed by atoms with Crippen LogP contribution >= 0.6 is 11.8 Å². The third-order valence-corrected chi connectivity index (χ3v) is 5.33. The van der Waals surface area contributed by atoms with Crippen LogP contribution in [0.5, 0.6) is 0 Å². The molecule has 1 aliphatic rings. The minimum Gasteiger partial charge on any atom is -0.284 e. The van der Waals surface area contributed by atoms with Gasteiger partial charge in [0, 0.05) is 0 Å². The highest BCUT2D eigenvalue weighted by atomic mass is 32.2. The van der Waals surface area contributed by atoms with E-state index in [1.165, 1.54) is 17.3 Å². The second-order valence-electron chi connectivity index (χ2n) is 5.96. The third-order valence-electron chi connectivity index (χ3n) is 4.00. The van der Waals surface area contributed by atoms with E-state index in [1.54, 1.807) is 11.1 Å². The van der Waals surface area contributed by atoms with E-state index >= 15 is 0 Å². The molecule has 3 rings (SSSR count). The summed E-state index contributed by atoms with van der Waals surface area (Å²) in [6.45, 7) is 4.60. The van der Waals surface area contributed by atoms with Gasteiger partial charge >= 0.3 is 0 Å². The van der Waals surface area contributed by atoms with Crippen LogP contribution in [-0.2, 0) is 11.3 Å². The summed E-state index contributed by atoms with van der Waals surface area (Å²) in [5.74, 6) is 0.112. The van der Waals surface area contributed by atoms with Gasteiger partial charge < -0.3 is 0 Å². The van der Waals surface area contributed by atoms with Crippen molar-refractivity contribution >= 4 is 29.1 Å². The minimum absolute atomic E-state index is 0.0722. The van der Waals surface area contributed by atoms with Gasteiger partial charge in [0.15, 0.2) is 5.17 Å². The van der Waals surface area contributed by atoms with Gasteiger partial charge in [-0.2, -0.15) is 5.10 Å². The fourth-order valence-electron chi connectivity index (χ4n) is 2.55. The van der Waals surface area contributed by atoms with Gasteiger partial charge in [-0.25, -0.2) is 0 Å². The fourth-order valence-corrected chi connectivity index (χ4v) is 3.58. The first kappa shape index (κ1) is 17.4. The number of amides is 1. The van der Waals surface area contributed by atoms with E-state index in [9.17, 15) is 4.79 Å². The fraction of sp³-hybridized carbons (Fsp3) is 0.250. The van der Waals surface area contributed by atoms with Crippen molar-refractivity contribution < 1.29 is 4.79 Å². The van der Waals surface area contributed by atoms with Crippen molar-refractivity contribution in [3.05, 3.63) is 71.3 Å². The van der Waals surface area contributed by atoms with Gasteiger partial charge in [0.2, 0.25) is 5.91 Å². The lowest BCUT2D eigenvalue weighted by Gasteiger charge is -2.15. The summed E-state index contributed by atoms with van der Waals surface area (Å²) in [6, 6.07) is 18.0. The van der Waals surface area contributed by atoms with Crippen molar-refractivity contribution in [3.63, 3.8) is 0 Å². The molecule has 2 aromatic rings. The Bertz CT molecular complexity index is 784. The van der Waals surface area contributed by atoms with E-state index in [-0.39, 0.29) is 11.2 Å². The molecule has 0 radical (unpaired) electrons. The first-order chi connectivity index (χ1) is 12.2. The number of aryl methyl sites for hydroxylation is 1. The van der Waals surface area contributed by atoms with Crippen LogP contribution in [0.4, 0.5) is 0 Å². The summed E-state index contributed by atoms with van der Waals surface area (Å²) in [7, 11) is 0. The highest BCUT2D eigenvalue weighted by Crippen LogP contribution is 2.30. The van der Waals surface area contributed by atoms with Crippen LogP contribution in [-0.4, -0.2) is 27.4 Å². The normalized spacial score (nSPS) is 19.3. The molecule has 5 heteroatoms. The van der Waals surface area contributed by atoms with E-state index in [0.29, 0.717) is 11.7 Å². The number of hydrogen-bond donors (Lipinski definition) is 0. The zero-order valence-corrected chi connectivity index (χ0v) is 15.2. The van der Waals surface area contributed by atoms with Crippen LogP contribution in [0.1, 0.15) is 30.0 Å². The van der Waals surface area contributed by atoms with Crippen molar-refractivity contribution in [1.82, 2.24) is 4.90 Å². The van der Waals surface area contributed by atoms with Gasteiger partial charge in [-0.1, -0.05) is 78.8 Å². The predicted molar refractivity (Wildman–Crippen MR) is 105 cm³/mol. The molecule has 1 saturated heterocycles. The number of benzene rings is 2. The first-order valence-electron chi connectivity index (χ1n) is 8.37. The Morgan fingerprint density at radius 1 is 1.12 bits per heavy atom. The molecule has 2 aromatic carbocycles. The molecule has 1 unspecified atom stereocenters. The van der Waals surface area contributed by atoms with Crippen molar-refractivity contribution in [3.8, 4) is 0 Å². The van der Waals surface area contributed by atoms with Crippen LogP contribution in [0, 0.1) is 6.92 Å². The number of nitrogens with zero attached hydrogens (tertiary/aromatic N) is 3. The van der Waals surface area contributed by atoms with E-state index < -0.39 is 0 Å². The lowest BCUT2D eigenvalue weighted by molar-refractivity contribution is -0.126. The first-order valence-corrected chi connectivity index (χ1v) is 9.25. The molecule has 0 aromatic heterocycles. The summed E-state index contributed by atoms with van der Waals surface area (Å²) < 4.78 is 0. The van der Waals surface area contributed by atoms with Crippen molar-refractivity contribution in [2.24, 2.45) is 10.2 Å². The Labute approximate surface area is 152 Å². The second-order valence-corrected chi connectivity index (χ2v) is 7.13. The smallest absolute Gasteiger partial charge is 0.242 e. The molecule has 1 aliphatic heterocycles. The van der Waals surface area contributed by atoms with Gasteiger partial charge in [0.05, 0.1) is 18.0 Å². The van der Waals surface area contributed by atoms with Gasteiger partial charge in [0.25, 0.3) is 0 Å². The van der Waals surface area contributed by atoms with Crippen molar-refractivity contribution in [2.75, 3.05) is 0 Å². The Balaban J connectivity index is 1.78. The number of rotatable bonds is 5. The minimum atomic E-state index is -0.0722. The van der Waals surface area contributed by atoms with Gasteiger partial charge in [-0.05, 0) is 24.5 Å². The molecule has 128 valence electrons. The van der Waals surface area contributed by atoms with Crippen LogP contribution in [0.25, 0.3) is 0 Å². The Morgan fingerprint density at radius 2 is 1.84 bits per heavy atom. The molecule has 1 fully saturated rings. The number of carbonyl (C=O) groups excluding carboxylic acids is 1. The molecule has 0 saturated carbocycles. The average molecular weight is 351 g/mol. The highest BCUT2D eigenvalue weighted by molar-refractivity contribution is 8.15. The monoisotopic (exact) mass is 351 g/mol. The molecule has 1 amide bonds. The number of hydrogen-bond acceptors (Lipinski definition) is 4. The maximum Gasteiger partial charge on any atom is 0.242 e. The Hall–Kier alpha value is -2.40. The van der Waals surface area contributed by atoms with E-state index in [0.717, 1.165) is 17.5 Å². The maximum absolute atomic E-state index is 12.6. The van der Waals surface area contributed by atoms with Gasteiger partial charge in [-0.3, -0.25) is 9.69 Å². The number of amidine groups is 1. The lowest BCUT2D eigenvalue weighted by Crippen LogP contribution is -2.31. The summed E-state index contributed by atoms with van der Waals surface area (Å²) in [5, 5.41) is 9.12. The van der Waals surface area contributed by atoms with Gasteiger partial charge in [0.1, 0.15) is 0 Å². The number of carbonyl (C=O) groups is 1. The molecule has 0 aliphatic carbocycles. The van der Waals surface area contributed by atoms with E-state index in [1.807, 2.05) is 68.4 Å². The molecule has 0 spiro atoms. The van der Waals surface area contributed by atoms with Crippen LogP contribution in [0.3, 0.4) is 0 Å². The SMILES string of the molecule is CCC1S/C(=N\N=C\c2ccc(C)cc2)N(Cc2ccccc2)C1=O. The molecule has 1 heterocycles. The van der Waals surface area contributed by atoms with Crippen molar-refractivity contribution in [2.45, 2.75) is 32.1 Å². The number of thioether (sulfide) groups is 1. The zero-order valence-electron chi connectivity index (χ0n) is 14.4. The summed E-state index contributed by atoms with van der Waals surface area (Å²) in [6.07, 6.45) is 2.51. The molecule has 25 heavy (non-hydrogen) atoms. The summed E-state index contributed by atoms with van der Waals surface area (Å²) in [5.41, 5.74) is 3.29. The van der Waals surface area contributed by atoms with Crippen LogP contribution in [0.2, 0.25) is 0 Å². The predicted octanol–water partition coefficient (Wildman–Crippen LogP) is 4.24. The second kappa shape index (κ2) is 8.12. The Morgan fingerprint density at radius 3 is 2.52 bits per heavy atom. The average Bonchev–Trinajstić information content (AvgIpc) is 2.93. The standard InChI is InChI=1S/C20H21N3OS/c1-3-18-19(24)23(14-17-7-5-4-6-8-17)20(25-18)22-21-13-16-11-9-15(2)10-12-16/h4-13,18H,3,14H2,1-2H3/b21-13+,22-20-. The summed E-state index contributed by atoms with van der Waals surface area (Å²) in [4.78, 5) is 14.3.